The standard InChI is InChI=1S/C23H33N3O4/c1-29-18-10-11-21(30-2)19(15-18)20-9-6-14-26(20)16-22(27)25-23(28)24-13-12-17-7-4-3-5-8-17/h7,10-11,15,20H,3-6,8-9,12-14,16H2,1-2H3,(H2,24,25,27,28)/t20-/m1/s1. The predicted octanol–water partition coefficient (Wildman–Crippen LogP) is 3.56. The monoisotopic (exact) mass is 415 g/mol. The molecule has 0 unspecified atom stereocenters. The molecule has 3 rings (SSSR count). The molecule has 0 radical (unpaired) electrons. The second-order valence-corrected chi connectivity index (χ2v) is 7.90. The van der Waals surface area contributed by atoms with Gasteiger partial charge in [-0.1, -0.05) is 11.6 Å². The van der Waals surface area contributed by atoms with Gasteiger partial charge in [0.1, 0.15) is 11.5 Å². The van der Waals surface area contributed by atoms with Gasteiger partial charge in [0, 0.05) is 18.2 Å². The minimum atomic E-state index is -0.425. The highest BCUT2D eigenvalue weighted by Crippen LogP contribution is 2.38. The molecule has 164 valence electrons. The third-order valence-corrected chi connectivity index (χ3v) is 5.88. The first-order chi connectivity index (χ1) is 14.6. The Balaban J connectivity index is 1.50. The van der Waals surface area contributed by atoms with Gasteiger partial charge in [-0.05, 0) is 69.7 Å². The highest BCUT2D eigenvalue weighted by Gasteiger charge is 2.30. The summed E-state index contributed by atoms with van der Waals surface area (Å²) in [5, 5.41) is 5.26. The van der Waals surface area contributed by atoms with E-state index < -0.39 is 6.03 Å². The Bertz CT molecular complexity index is 778. The van der Waals surface area contributed by atoms with E-state index in [9.17, 15) is 9.59 Å². The number of likely N-dealkylation sites (tertiary alicyclic amines) is 1. The number of allylic oxidation sites excluding steroid dienone is 1. The molecule has 0 aromatic heterocycles. The minimum absolute atomic E-state index is 0.0575. The molecule has 1 fully saturated rings. The third-order valence-electron chi connectivity index (χ3n) is 5.88. The van der Waals surface area contributed by atoms with Crippen LogP contribution in [0.3, 0.4) is 0 Å². The van der Waals surface area contributed by atoms with Crippen LogP contribution in [0.2, 0.25) is 0 Å². The van der Waals surface area contributed by atoms with Crippen molar-refractivity contribution in [3.05, 3.63) is 35.4 Å². The molecule has 7 nitrogen and oxygen atoms in total. The molecule has 7 heteroatoms. The number of nitrogens with one attached hydrogen (secondary N) is 2. The van der Waals surface area contributed by atoms with Crippen molar-refractivity contribution in [3.63, 3.8) is 0 Å². The lowest BCUT2D eigenvalue weighted by Crippen LogP contribution is -2.44. The van der Waals surface area contributed by atoms with Gasteiger partial charge in [0.15, 0.2) is 0 Å². The van der Waals surface area contributed by atoms with Gasteiger partial charge < -0.3 is 14.8 Å². The van der Waals surface area contributed by atoms with Gasteiger partial charge in [0.2, 0.25) is 5.91 Å². The molecule has 1 aromatic rings. The highest BCUT2D eigenvalue weighted by molar-refractivity contribution is 5.95. The van der Waals surface area contributed by atoms with E-state index >= 15 is 0 Å². The van der Waals surface area contributed by atoms with Crippen LogP contribution in [0.15, 0.2) is 29.8 Å². The number of hydrogen-bond donors (Lipinski definition) is 2. The molecule has 1 aliphatic heterocycles. The summed E-state index contributed by atoms with van der Waals surface area (Å²) in [6.07, 6.45) is 9.77. The molecule has 1 atom stereocenters. The second kappa shape index (κ2) is 11.0. The molecule has 0 bridgehead atoms. The fraction of sp³-hybridized carbons (Fsp3) is 0.565. The molecule has 0 spiro atoms. The number of rotatable bonds is 8. The maximum Gasteiger partial charge on any atom is 0.321 e. The van der Waals surface area contributed by atoms with Crippen molar-refractivity contribution in [2.24, 2.45) is 0 Å². The predicted molar refractivity (Wildman–Crippen MR) is 116 cm³/mol. The largest absolute Gasteiger partial charge is 0.497 e. The maximum absolute atomic E-state index is 12.4. The quantitative estimate of drug-likeness (QED) is 0.635. The number of urea groups is 1. The van der Waals surface area contributed by atoms with Crippen molar-refractivity contribution >= 4 is 11.9 Å². The van der Waals surface area contributed by atoms with E-state index in [0.29, 0.717) is 6.54 Å². The van der Waals surface area contributed by atoms with E-state index in [1.165, 1.54) is 18.4 Å². The topological polar surface area (TPSA) is 79.9 Å². The van der Waals surface area contributed by atoms with Crippen molar-refractivity contribution in [3.8, 4) is 11.5 Å². The second-order valence-electron chi connectivity index (χ2n) is 7.90. The molecule has 0 saturated carbocycles. The molecular weight excluding hydrogens is 382 g/mol. The zero-order chi connectivity index (χ0) is 21.3. The van der Waals surface area contributed by atoms with Crippen LogP contribution in [-0.4, -0.2) is 50.7 Å². The zero-order valence-corrected chi connectivity index (χ0v) is 18.0. The lowest BCUT2D eigenvalue weighted by molar-refractivity contribution is -0.121. The Labute approximate surface area is 178 Å². The van der Waals surface area contributed by atoms with Gasteiger partial charge in [0.05, 0.1) is 20.8 Å². The van der Waals surface area contributed by atoms with Crippen molar-refractivity contribution in [1.82, 2.24) is 15.5 Å². The van der Waals surface area contributed by atoms with Crippen LogP contribution in [-0.2, 0) is 4.79 Å². The first kappa shape index (κ1) is 22.2. The van der Waals surface area contributed by atoms with Crippen LogP contribution in [0, 0.1) is 0 Å². The average molecular weight is 416 g/mol. The summed E-state index contributed by atoms with van der Waals surface area (Å²) in [5.41, 5.74) is 2.41. The number of benzene rings is 1. The van der Waals surface area contributed by atoms with Gasteiger partial charge in [-0.2, -0.15) is 0 Å². The van der Waals surface area contributed by atoms with Gasteiger partial charge in [-0.15, -0.1) is 0 Å². The Kier molecular flexibility index (Phi) is 8.13. The molecule has 1 aromatic carbocycles. The SMILES string of the molecule is COc1ccc(OC)c([C@H]2CCCN2CC(=O)NC(=O)NCCC2=CCCCC2)c1. The van der Waals surface area contributed by atoms with Crippen LogP contribution < -0.4 is 20.1 Å². The molecular formula is C23H33N3O4. The van der Waals surface area contributed by atoms with Crippen molar-refractivity contribution in [2.45, 2.75) is 51.0 Å². The molecule has 1 heterocycles. The van der Waals surface area contributed by atoms with E-state index in [0.717, 1.165) is 55.7 Å². The van der Waals surface area contributed by atoms with Crippen LogP contribution in [0.5, 0.6) is 11.5 Å². The Morgan fingerprint density at radius 3 is 2.77 bits per heavy atom. The minimum Gasteiger partial charge on any atom is -0.497 e. The number of carbonyl (C=O) groups excluding carboxylic acids is 2. The number of hydrogen-bond acceptors (Lipinski definition) is 5. The number of carbonyl (C=O) groups is 2. The Morgan fingerprint density at radius 1 is 1.17 bits per heavy atom. The average Bonchev–Trinajstić information content (AvgIpc) is 3.21. The van der Waals surface area contributed by atoms with Crippen LogP contribution in [0.1, 0.15) is 56.6 Å². The number of methoxy groups -OCH3 is 2. The first-order valence-corrected chi connectivity index (χ1v) is 10.8. The summed E-state index contributed by atoms with van der Waals surface area (Å²) in [5.74, 6) is 1.25. The van der Waals surface area contributed by atoms with Crippen LogP contribution in [0.25, 0.3) is 0 Å². The van der Waals surface area contributed by atoms with Gasteiger partial charge in [-0.3, -0.25) is 15.0 Å². The van der Waals surface area contributed by atoms with Crippen LogP contribution in [0.4, 0.5) is 4.79 Å². The highest BCUT2D eigenvalue weighted by atomic mass is 16.5. The third kappa shape index (κ3) is 5.98. The van der Waals surface area contributed by atoms with E-state index in [-0.39, 0.29) is 18.5 Å². The molecule has 1 saturated heterocycles. The summed E-state index contributed by atoms with van der Waals surface area (Å²) in [6, 6.07) is 5.35. The lowest BCUT2D eigenvalue weighted by Gasteiger charge is -2.25. The number of ether oxygens (including phenoxy) is 2. The van der Waals surface area contributed by atoms with E-state index in [2.05, 4.69) is 21.6 Å². The van der Waals surface area contributed by atoms with Gasteiger partial charge in [-0.25, -0.2) is 4.79 Å². The van der Waals surface area contributed by atoms with Crippen molar-refractivity contribution in [1.29, 1.82) is 0 Å². The number of nitrogens with zero attached hydrogens (tertiary/aromatic N) is 1. The molecule has 3 amide bonds. The Hall–Kier alpha value is -2.54. The summed E-state index contributed by atoms with van der Waals surface area (Å²) >= 11 is 0. The van der Waals surface area contributed by atoms with Gasteiger partial charge >= 0.3 is 6.03 Å². The smallest absolute Gasteiger partial charge is 0.321 e. The molecule has 1 aliphatic carbocycles. The molecule has 2 aliphatic rings. The number of amides is 3. The zero-order valence-electron chi connectivity index (χ0n) is 18.0. The van der Waals surface area contributed by atoms with E-state index in [4.69, 9.17) is 9.47 Å². The van der Waals surface area contributed by atoms with Crippen LogP contribution >= 0.6 is 0 Å². The normalized spacial score (nSPS) is 19.1. The summed E-state index contributed by atoms with van der Waals surface area (Å²) in [7, 11) is 3.28. The van der Waals surface area contributed by atoms with Crippen molar-refractivity contribution < 1.29 is 19.1 Å². The fourth-order valence-corrected chi connectivity index (χ4v) is 4.33. The lowest BCUT2D eigenvalue weighted by atomic mass is 9.97. The summed E-state index contributed by atoms with van der Waals surface area (Å²) in [4.78, 5) is 26.6. The maximum atomic E-state index is 12.4. The van der Waals surface area contributed by atoms with Crippen molar-refractivity contribution in [2.75, 3.05) is 33.9 Å². The first-order valence-electron chi connectivity index (χ1n) is 10.8. The summed E-state index contributed by atoms with van der Waals surface area (Å²) < 4.78 is 10.9. The van der Waals surface area contributed by atoms with E-state index in [1.54, 1.807) is 14.2 Å². The summed E-state index contributed by atoms with van der Waals surface area (Å²) in [6.45, 7) is 1.52. The molecule has 2 N–H and O–H groups in total. The molecule has 30 heavy (non-hydrogen) atoms. The Morgan fingerprint density at radius 2 is 2.03 bits per heavy atom. The fourth-order valence-electron chi connectivity index (χ4n) is 4.33. The number of imide groups is 1. The van der Waals surface area contributed by atoms with E-state index in [1.807, 2.05) is 18.2 Å². The van der Waals surface area contributed by atoms with Gasteiger partial charge in [0.25, 0.3) is 0 Å².